The molecule has 0 saturated carbocycles. The van der Waals surface area contributed by atoms with Crippen molar-refractivity contribution in [1.82, 2.24) is 9.97 Å². The molecule has 1 aliphatic rings. The van der Waals surface area contributed by atoms with Crippen molar-refractivity contribution in [1.29, 1.82) is 0 Å². The topological polar surface area (TPSA) is 110 Å². The highest BCUT2D eigenvalue weighted by molar-refractivity contribution is 7.13. The van der Waals surface area contributed by atoms with E-state index in [1.54, 1.807) is 17.8 Å². The van der Waals surface area contributed by atoms with Crippen LogP contribution in [0, 0.1) is 0 Å². The zero-order valence-electron chi connectivity index (χ0n) is 15.4. The first-order valence-electron chi connectivity index (χ1n) is 9.03. The third-order valence-corrected chi connectivity index (χ3v) is 5.41. The first-order valence-corrected chi connectivity index (χ1v) is 9.91. The largest absolute Gasteiger partial charge is 0.367 e. The van der Waals surface area contributed by atoms with Crippen LogP contribution in [0.1, 0.15) is 10.5 Å². The summed E-state index contributed by atoms with van der Waals surface area (Å²) in [6, 6.07) is 11.1. The second-order valence-corrected chi connectivity index (χ2v) is 7.35. The van der Waals surface area contributed by atoms with Crippen LogP contribution in [0.4, 0.5) is 11.4 Å². The van der Waals surface area contributed by atoms with E-state index in [-0.39, 0.29) is 5.91 Å². The molecule has 9 heteroatoms. The molecular formula is C20H19N5O3S. The highest BCUT2D eigenvalue weighted by Gasteiger charge is 2.24. The van der Waals surface area contributed by atoms with Crippen LogP contribution in [0.15, 0.2) is 54.2 Å². The lowest BCUT2D eigenvalue weighted by atomic mass is 10.2. The van der Waals surface area contributed by atoms with Crippen LogP contribution in [0.2, 0.25) is 0 Å². The molecule has 1 aliphatic heterocycles. The normalized spacial score (nSPS) is 16.4. The number of hydrogen-bond donors (Lipinski definition) is 2. The molecule has 1 saturated heterocycles. The van der Waals surface area contributed by atoms with Crippen LogP contribution in [0.3, 0.4) is 0 Å². The van der Waals surface area contributed by atoms with Crippen molar-refractivity contribution < 1.29 is 14.3 Å². The molecule has 29 heavy (non-hydrogen) atoms. The first kappa shape index (κ1) is 19.0. The van der Waals surface area contributed by atoms with Gasteiger partial charge in [-0.3, -0.25) is 14.6 Å². The minimum absolute atomic E-state index is 0.274. The van der Waals surface area contributed by atoms with E-state index in [0.717, 1.165) is 16.3 Å². The number of primary amides is 1. The van der Waals surface area contributed by atoms with Crippen LogP contribution < -0.4 is 16.0 Å². The van der Waals surface area contributed by atoms with Gasteiger partial charge in [0.05, 0.1) is 13.2 Å². The molecule has 2 amide bonds. The summed E-state index contributed by atoms with van der Waals surface area (Å²) >= 11 is 1.40. The highest BCUT2D eigenvalue weighted by Crippen LogP contribution is 2.24. The minimum atomic E-state index is -0.609. The summed E-state index contributed by atoms with van der Waals surface area (Å²) in [4.78, 5) is 34.3. The number of thiazole rings is 1. The van der Waals surface area contributed by atoms with Gasteiger partial charge in [-0.15, -0.1) is 11.3 Å². The number of pyridine rings is 1. The van der Waals surface area contributed by atoms with Crippen molar-refractivity contribution in [2.75, 3.05) is 29.9 Å². The molecule has 1 fully saturated rings. The van der Waals surface area contributed by atoms with E-state index in [1.165, 1.54) is 11.3 Å². The summed E-state index contributed by atoms with van der Waals surface area (Å²) in [6.07, 6.45) is 2.80. The molecule has 3 heterocycles. The molecule has 0 radical (unpaired) electrons. The second kappa shape index (κ2) is 8.38. The van der Waals surface area contributed by atoms with Crippen LogP contribution in [0.5, 0.6) is 0 Å². The fourth-order valence-electron chi connectivity index (χ4n) is 3.01. The van der Waals surface area contributed by atoms with Gasteiger partial charge in [-0.25, -0.2) is 4.98 Å². The van der Waals surface area contributed by atoms with E-state index in [4.69, 9.17) is 10.5 Å². The van der Waals surface area contributed by atoms with Gasteiger partial charge in [0.1, 0.15) is 10.7 Å². The number of hydrogen-bond acceptors (Lipinski definition) is 7. The van der Waals surface area contributed by atoms with Crippen LogP contribution in [0.25, 0.3) is 10.6 Å². The number of benzene rings is 1. The molecule has 2 aromatic heterocycles. The summed E-state index contributed by atoms with van der Waals surface area (Å²) in [7, 11) is 0. The van der Waals surface area contributed by atoms with Crippen molar-refractivity contribution in [2.45, 2.75) is 6.10 Å². The molecule has 1 aromatic carbocycles. The molecule has 1 atom stereocenters. The quantitative estimate of drug-likeness (QED) is 0.668. The Morgan fingerprint density at radius 3 is 2.79 bits per heavy atom. The Labute approximate surface area is 171 Å². The van der Waals surface area contributed by atoms with Crippen molar-refractivity contribution >= 4 is 34.5 Å². The van der Waals surface area contributed by atoms with Crippen molar-refractivity contribution in [3.8, 4) is 10.6 Å². The van der Waals surface area contributed by atoms with Crippen molar-refractivity contribution in [3.63, 3.8) is 0 Å². The van der Waals surface area contributed by atoms with Gasteiger partial charge < -0.3 is 20.7 Å². The summed E-state index contributed by atoms with van der Waals surface area (Å²) in [6.45, 7) is 1.53. The number of carbonyl (C=O) groups is 2. The van der Waals surface area contributed by atoms with Gasteiger partial charge in [0, 0.05) is 41.3 Å². The standard InChI is InChI=1S/C20H19N5O3S/c21-18(26)17-11-25(8-9-28-17)15-5-3-14(4-6-15)23-19(27)16-12-29-20(24-16)13-2-1-7-22-10-13/h1-7,10,12,17H,8-9,11H2,(H2,21,26)(H,23,27). The van der Waals surface area contributed by atoms with Gasteiger partial charge in [-0.1, -0.05) is 0 Å². The lowest BCUT2D eigenvalue weighted by Gasteiger charge is -2.33. The summed E-state index contributed by atoms with van der Waals surface area (Å²) in [5.41, 5.74) is 8.16. The minimum Gasteiger partial charge on any atom is -0.367 e. The molecule has 1 unspecified atom stereocenters. The molecule has 0 bridgehead atoms. The van der Waals surface area contributed by atoms with E-state index in [0.29, 0.717) is 31.1 Å². The average molecular weight is 409 g/mol. The van der Waals surface area contributed by atoms with Crippen molar-refractivity contribution in [3.05, 3.63) is 59.9 Å². The maximum Gasteiger partial charge on any atom is 0.275 e. The number of anilines is 2. The van der Waals surface area contributed by atoms with Crippen LogP contribution in [-0.2, 0) is 9.53 Å². The second-order valence-electron chi connectivity index (χ2n) is 6.49. The van der Waals surface area contributed by atoms with Gasteiger partial charge >= 0.3 is 0 Å². The first-order chi connectivity index (χ1) is 14.1. The molecule has 8 nitrogen and oxygen atoms in total. The van der Waals surface area contributed by atoms with E-state index in [1.807, 2.05) is 41.3 Å². The Morgan fingerprint density at radius 1 is 1.24 bits per heavy atom. The van der Waals surface area contributed by atoms with E-state index < -0.39 is 12.0 Å². The maximum atomic E-state index is 12.5. The Kier molecular flexibility index (Phi) is 5.50. The molecule has 0 spiro atoms. The number of nitrogens with zero attached hydrogens (tertiary/aromatic N) is 3. The predicted molar refractivity (Wildman–Crippen MR) is 111 cm³/mol. The zero-order chi connectivity index (χ0) is 20.2. The summed E-state index contributed by atoms with van der Waals surface area (Å²) < 4.78 is 5.37. The Bertz CT molecular complexity index is 1010. The van der Waals surface area contributed by atoms with E-state index >= 15 is 0 Å². The number of rotatable bonds is 5. The van der Waals surface area contributed by atoms with Crippen molar-refractivity contribution in [2.24, 2.45) is 5.73 Å². The fourth-order valence-corrected chi connectivity index (χ4v) is 3.80. The lowest BCUT2D eigenvalue weighted by molar-refractivity contribution is -0.130. The molecule has 3 N–H and O–H groups in total. The predicted octanol–water partition coefficient (Wildman–Crippen LogP) is 2.15. The van der Waals surface area contributed by atoms with Gasteiger partial charge in [-0.05, 0) is 36.4 Å². The van der Waals surface area contributed by atoms with Crippen LogP contribution >= 0.6 is 11.3 Å². The molecule has 0 aliphatic carbocycles. The number of amides is 2. The zero-order valence-corrected chi connectivity index (χ0v) is 16.3. The number of morpholine rings is 1. The SMILES string of the molecule is NC(=O)C1CN(c2ccc(NC(=O)c3csc(-c4cccnc4)n3)cc2)CCO1. The van der Waals surface area contributed by atoms with Gasteiger partial charge in [-0.2, -0.15) is 0 Å². The third-order valence-electron chi connectivity index (χ3n) is 4.52. The highest BCUT2D eigenvalue weighted by atomic mass is 32.1. The smallest absolute Gasteiger partial charge is 0.275 e. The molecule has 4 rings (SSSR count). The van der Waals surface area contributed by atoms with Crippen LogP contribution in [-0.4, -0.2) is 47.6 Å². The Hall–Kier alpha value is -3.30. The maximum absolute atomic E-state index is 12.5. The van der Waals surface area contributed by atoms with E-state index in [9.17, 15) is 9.59 Å². The van der Waals surface area contributed by atoms with Gasteiger partial charge in [0.25, 0.3) is 5.91 Å². The third kappa shape index (κ3) is 4.41. The molecular weight excluding hydrogens is 390 g/mol. The number of ether oxygens (including phenoxy) is 1. The number of nitrogens with one attached hydrogen (secondary N) is 1. The lowest BCUT2D eigenvalue weighted by Crippen LogP contribution is -2.48. The Morgan fingerprint density at radius 2 is 2.07 bits per heavy atom. The summed E-state index contributed by atoms with van der Waals surface area (Å²) in [5, 5.41) is 5.32. The number of carbonyl (C=O) groups excluding carboxylic acids is 2. The fraction of sp³-hybridized carbons (Fsp3) is 0.200. The Balaban J connectivity index is 1.41. The summed E-state index contributed by atoms with van der Waals surface area (Å²) in [5.74, 6) is -0.739. The van der Waals surface area contributed by atoms with E-state index in [2.05, 4.69) is 15.3 Å². The van der Waals surface area contributed by atoms with Gasteiger partial charge in [0.15, 0.2) is 6.10 Å². The average Bonchev–Trinajstić information content (AvgIpc) is 3.25. The van der Waals surface area contributed by atoms with Gasteiger partial charge in [0.2, 0.25) is 5.91 Å². The number of nitrogens with two attached hydrogens (primary N) is 1. The number of aromatic nitrogens is 2. The molecule has 3 aromatic rings. The monoisotopic (exact) mass is 409 g/mol. The molecule has 148 valence electrons.